The fraction of sp³-hybridized carbons (Fsp3) is 0.167. The van der Waals surface area contributed by atoms with Crippen LogP contribution in [0.5, 0.6) is 11.5 Å². The molecule has 0 fully saturated rings. The van der Waals surface area contributed by atoms with Crippen LogP contribution in [0.3, 0.4) is 0 Å². The van der Waals surface area contributed by atoms with Gasteiger partial charge in [-0.05, 0) is 43.3 Å². The molecule has 3 aromatic rings. The molecule has 7 nitrogen and oxygen atoms in total. The quantitative estimate of drug-likeness (QED) is 0.767. The molecule has 0 saturated carbocycles. The average molecular weight is 336 g/mol. The minimum Gasteiger partial charge on any atom is -0.485 e. The predicted molar refractivity (Wildman–Crippen MR) is 91.5 cm³/mol. The zero-order valence-corrected chi connectivity index (χ0v) is 13.5. The predicted octanol–water partition coefficient (Wildman–Crippen LogP) is 2.56. The van der Waals surface area contributed by atoms with Crippen molar-refractivity contribution in [3.63, 3.8) is 0 Å². The van der Waals surface area contributed by atoms with Gasteiger partial charge >= 0.3 is 0 Å². The first-order chi connectivity index (χ1) is 12.2. The lowest BCUT2D eigenvalue weighted by molar-refractivity contribution is -0.125. The lowest BCUT2D eigenvalue weighted by atomic mass is 10.2. The SMILES string of the molecule is Cc1nc(-c2ccc(NC(=O)[C@H]3COc4ccccc4O3)cc2)n[nH]1. The number of nitrogens with zero attached hydrogens (tertiary/aromatic N) is 2. The monoisotopic (exact) mass is 336 g/mol. The van der Waals surface area contributed by atoms with E-state index in [1.807, 2.05) is 37.3 Å². The second kappa shape index (κ2) is 6.27. The number of fused-ring (bicyclic) bond motifs is 1. The molecule has 1 aromatic heterocycles. The van der Waals surface area contributed by atoms with Crippen LogP contribution in [0.2, 0.25) is 0 Å². The van der Waals surface area contributed by atoms with Crippen molar-refractivity contribution in [3.8, 4) is 22.9 Å². The summed E-state index contributed by atoms with van der Waals surface area (Å²) in [6.45, 7) is 2.02. The molecule has 1 atom stereocenters. The summed E-state index contributed by atoms with van der Waals surface area (Å²) in [6, 6.07) is 14.6. The molecule has 0 saturated heterocycles. The second-order valence-electron chi connectivity index (χ2n) is 5.68. The molecule has 2 N–H and O–H groups in total. The molecular formula is C18H16N4O3. The van der Waals surface area contributed by atoms with E-state index in [9.17, 15) is 4.79 Å². The Morgan fingerprint density at radius 1 is 1.16 bits per heavy atom. The van der Waals surface area contributed by atoms with Crippen LogP contribution in [-0.4, -0.2) is 33.8 Å². The summed E-state index contributed by atoms with van der Waals surface area (Å²) in [4.78, 5) is 16.7. The number of aromatic nitrogens is 3. The molecule has 2 aromatic carbocycles. The van der Waals surface area contributed by atoms with E-state index in [0.29, 0.717) is 23.0 Å². The Morgan fingerprint density at radius 3 is 2.64 bits per heavy atom. The fourth-order valence-electron chi connectivity index (χ4n) is 2.55. The number of ether oxygens (including phenoxy) is 2. The Balaban J connectivity index is 1.43. The summed E-state index contributed by atoms with van der Waals surface area (Å²) in [5.41, 5.74) is 1.54. The molecule has 1 amide bonds. The fourth-order valence-corrected chi connectivity index (χ4v) is 2.55. The highest BCUT2D eigenvalue weighted by Gasteiger charge is 2.27. The van der Waals surface area contributed by atoms with Crippen molar-refractivity contribution in [2.45, 2.75) is 13.0 Å². The van der Waals surface area contributed by atoms with Gasteiger partial charge in [0.1, 0.15) is 12.4 Å². The van der Waals surface area contributed by atoms with Gasteiger partial charge in [0.25, 0.3) is 5.91 Å². The van der Waals surface area contributed by atoms with Crippen LogP contribution in [0.15, 0.2) is 48.5 Å². The van der Waals surface area contributed by atoms with Crippen molar-refractivity contribution in [3.05, 3.63) is 54.4 Å². The van der Waals surface area contributed by atoms with Gasteiger partial charge in [-0.25, -0.2) is 4.98 Å². The van der Waals surface area contributed by atoms with Gasteiger partial charge < -0.3 is 14.8 Å². The topological polar surface area (TPSA) is 89.1 Å². The second-order valence-corrected chi connectivity index (χ2v) is 5.68. The molecule has 0 aliphatic carbocycles. The minimum atomic E-state index is -0.690. The van der Waals surface area contributed by atoms with Gasteiger partial charge in [-0.1, -0.05) is 12.1 Å². The maximum Gasteiger partial charge on any atom is 0.269 e. The first-order valence-corrected chi connectivity index (χ1v) is 7.88. The Hall–Kier alpha value is -3.35. The van der Waals surface area contributed by atoms with Crippen molar-refractivity contribution < 1.29 is 14.3 Å². The van der Waals surface area contributed by atoms with Gasteiger partial charge in [0.05, 0.1) is 0 Å². The average Bonchev–Trinajstić information content (AvgIpc) is 3.08. The van der Waals surface area contributed by atoms with Gasteiger partial charge in [0, 0.05) is 11.3 Å². The molecule has 0 spiro atoms. The van der Waals surface area contributed by atoms with Crippen LogP contribution in [0.4, 0.5) is 5.69 Å². The number of nitrogens with one attached hydrogen (secondary N) is 2. The summed E-state index contributed by atoms with van der Waals surface area (Å²) in [6.07, 6.45) is -0.690. The van der Waals surface area contributed by atoms with E-state index in [1.165, 1.54) is 0 Å². The third-order valence-corrected chi connectivity index (χ3v) is 3.81. The number of aromatic amines is 1. The van der Waals surface area contributed by atoms with E-state index in [4.69, 9.17) is 9.47 Å². The first kappa shape index (κ1) is 15.2. The Labute approximate surface area is 144 Å². The summed E-state index contributed by atoms with van der Waals surface area (Å²) in [7, 11) is 0. The summed E-state index contributed by atoms with van der Waals surface area (Å²) in [5.74, 6) is 2.34. The summed E-state index contributed by atoms with van der Waals surface area (Å²) >= 11 is 0. The standard InChI is InChI=1S/C18H16N4O3/c1-11-19-17(22-21-11)12-6-8-13(9-7-12)20-18(23)16-10-24-14-4-2-3-5-15(14)25-16/h2-9,16H,10H2,1H3,(H,20,23)(H,19,21,22)/t16-/m1/s1. The van der Waals surface area contributed by atoms with Crippen LogP contribution < -0.4 is 14.8 Å². The van der Waals surface area contributed by atoms with Gasteiger partial charge in [-0.3, -0.25) is 9.89 Å². The van der Waals surface area contributed by atoms with Crippen LogP contribution in [0, 0.1) is 6.92 Å². The third kappa shape index (κ3) is 3.16. The minimum absolute atomic E-state index is 0.178. The van der Waals surface area contributed by atoms with Gasteiger partial charge in [-0.2, -0.15) is 5.10 Å². The Kier molecular flexibility index (Phi) is 3.81. The van der Waals surface area contributed by atoms with Crippen molar-refractivity contribution in [2.75, 3.05) is 11.9 Å². The maximum absolute atomic E-state index is 12.4. The highest BCUT2D eigenvalue weighted by Crippen LogP contribution is 2.31. The molecule has 126 valence electrons. The Morgan fingerprint density at radius 2 is 1.92 bits per heavy atom. The smallest absolute Gasteiger partial charge is 0.269 e. The zero-order chi connectivity index (χ0) is 17.2. The van der Waals surface area contributed by atoms with Gasteiger partial charge in [0.2, 0.25) is 6.10 Å². The summed E-state index contributed by atoms with van der Waals surface area (Å²) < 4.78 is 11.3. The van der Waals surface area contributed by atoms with E-state index >= 15 is 0 Å². The zero-order valence-electron chi connectivity index (χ0n) is 13.5. The number of aryl methyl sites for hydroxylation is 1. The first-order valence-electron chi connectivity index (χ1n) is 7.88. The number of carbonyl (C=O) groups excluding carboxylic acids is 1. The number of benzene rings is 2. The van der Waals surface area contributed by atoms with Crippen LogP contribution in [-0.2, 0) is 4.79 Å². The lowest BCUT2D eigenvalue weighted by Gasteiger charge is -2.25. The number of rotatable bonds is 3. The third-order valence-electron chi connectivity index (χ3n) is 3.81. The molecule has 7 heteroatoms. The van der Waals surface area contributed by atoms with Crippen molar-refractivity contribution in [1.82, 2.24) is 15.2 Å². The molecule has 0 bridgehead atoms. The normalized spacial score (nSPS) is 15.6. The maximum atomic E-state index is 12.4. The van der Waals surface area contributed by atoms with Gasteiger partial charge in [-0.15, -0.1) is 0 Å². The van der Waals surface area contributed by atoms with Crippen LogP contribution in [0.25, 0.3) is 11.4 Å². The molecule has 25 heavy (non-hydrogen) atoms. The number of H-pyrrole nitrogens is 1. The number of hydrogen-bond acceptors (Lipinski definition) is 5. The number of para-hydroxylation sites is 2. The molecule has 4 rings (SSSR count). The Bertz CT molecular complexity index is 905. The number of hydrogen-bond donors (Lipinski definition) is 2. The van der Waals surface area contributed by atoms with Crippen molar-refractivity contribution in [1.29, 1.82) is 0 Å². The largest absolute Gasteiger partial charge is 0.485 e. The summed E-state index contributed by atoms with van der Waals surface area (Å²) in [5, 5.41) is 9.75. The van der Waals surface area contributed by atoms with Crippen molar-refractivity contribution in [2.24, 2.45) is 0 Å². The molecule has 1 aliphatic rings. The van der Waals surface area contributed by atoms with E-state index in [1.54, 1.807) is 18.2 Å². The molecule has 0 unspecified atom stereocenters. The van der Waals surface area contributed by atoms with Crippen LogP contribution in [0.1, 0.15) is 5.82 Å². The van der Waals surface area contributed by atoms with E-state index in [2.05, 4.69) is 20.5 Å². The number of amides is 1. The molecular weight excluding hydrogens is 320 g/mol. The van der Waals surface area contributed by atoms with E-state index in [0.717, 1.165) is 11.4 Å². The molecule has 0 radical (unpaired) electrons. The molecule has 1 aliphatic heterocycles. The number of carbonyl (C=O) groups is 1. The van der Waals surface area contributed by atoms with E-state index < -0.39 is 6.10 Å². The highest BCUT2D eigenvalue weighted by molar-refractivity contribution is 5.94. The van der Waals surface area contributed by atoms with Crippen molar-refractivity contribution >= 4 is 11.6 Å². The lowest BCUT2D eigenvalue weighted by Crippen LogP contribution is -2.40. The highest BCUT2D eigenvalue weighted by atomic mass is 16.6. The van der Waals surface area contributed by atoms with Gasteiger partial charge in [0.15, 0.2) is 17.3 Å². The number of anilines is 1. The molecule has 2 heterocycles. The van der Waals surface area contributed by atoms with E-state index in [-0.39, 0.29) is 12.5 Å². The van der Waals surface area contributed by atoms with Crippen LogP contribution >= 0.6 is 0 Å².